The summed E-state index contributed by atoms with van der Waals surface area (Å²) in [6, 6.07) is 7.82. The summed E-state index contributed by atoms with van der Waals surface area (Å²) < 4.78 is 0. The van der Waals surface area contributed by atoms with Gasteiger partial charge in [-0.15, -0.1) is 0 Å². The van der Waals surface area contributed by atoms with E-state index in [1.165, 1.54) is 0 Å². The molecule has 4 heteroatoms. The number of amides is 1. The van der Waals surface area contributed by atoms with Crippen LogP contribution in [0.25, 0.3) is 0 Å². The molecule has 1 fully saturated rings. The van der Waals surface area contributed by atoms with Crippen LogP contribution in [0.15, 0.2) is 24.3 Å². The van der Waals surface area contributed by atoms with Crippen LogP contribution in [0.4, 0.5) is 5.69 Å². The average molecular weight is 302 g/mol. The maximum absolute atomic E-state index is 12.1. The minimum absolute atomic E-state index is 0.174. The molecule has 1 saturated heterocycles. The van der Waals surface area contributed by atoms with E-state index in [4.69, 9.17) is 0 Å². The molecular weight excluding hydrogens is 276 g/mol. The van der Waals surface area contributed by atoms with Crippen LogP contribution in [0.1, 0.15) is 44.0 Å². The quantitative estimate of drug-likeness (QED) is 0.785. The van der Waals surface area contributed by atoms with Gasteiger partial charge >= 0.3 is 0 Å². The lowest BCUT2D eigenvalue weighted by atomic mass is 10.1. The summed E-state index contributed by atoms with van der Waals surface area (Å²) in [4.78, 5) is 28.1. The molecule has 0 aromatic heterocycles. The average Bonchev–Trinajstić information content (AvgIpc) is 2.53. The normalized spacial score (nSPS) is 15.3. The predicted octanol–water partition coefficient (Wildman–Crippen LogP) is 2.97. The SMILES string of the molecule is CCC(=O)c1cccc(N2CCN(C(=O)CC(C)C)CC2)c1. The van der Waals surface area contributed by atoms with Crippen molar-refractivity contribution in [1.82, 2.24) is 4.90 Å². The highest BCUT2D eigenvalue weighted by molar-refractivity contribution is 5.96. The van der Waals surface area contributed by atoms with Gasteiger partial charge in [-0.25, -0.2) is 0 Å². The maximum Gasteiger partial charge on any atom is 0.222 e. The molecule has 120 valence electrons. The molecule has 2 rings (SSSR count). The Morgan fingerprint density at radius 1 is 1.14 bits per heavy atom. The molecular formula is C18H26N2O2. The van der Waals surface area contributed by atoms with Crippen molar-refractivity contribution in [2.45, 2.75) is 33.6 Å². The van der Waals surface area contributed by atoms with Crippen molar-refractivity contribution in [3.63, 3.8) is 0 Å². The van der Waals surface area contributed by atoms with Gasteiger partial charge in [0.15, 0.2) is 5.78 Å². The lowest BCUT2D eigenvalue weighted by Gasteiger charge is -2.36. The molecule has 0 bridgehead atoms. The van der Waals surface area contributed by atoms with E-state index in [9.17, 15) is 9.59 Å². The van der Waals surface area contributed by atoms with E-state index in [1.54, 1.807) is 0 Å². The number of ketones is 1. The van der Waals surface area contributed by atoms with E-state index >= 15 is 0 Å². The molecule has 0 aliphatic carbocycles. The van der Waals surface area contributed by atoms with Crippen molar-refractivity contribution in [2.24, 2.45) is 5.92 Å². The van der Waals surface area contributed by atoms with Gasteiger partial charge in [0, 0.05) is 50.3 Å². The van der Waals surface area contributed by atoms with Crippen molar-refractivity contribution < 1.29 is 9.59 Å². The Bertz CT molecular complexity index is 532. The summed E-state index contributed by atoms with van der Waals surface area (Å²) in [5.74, 6) is 0.833. The van der Waals surface area contributed by atoms with Crippen LogP contribution in [0.5, 0.6) is 0 Å². The smallest absolute Gasteiger partial charge is 0.222 e. The molecule has 4 nitrogen and oxygen atoms in total. The lowest BCUT2D eigenvalue weighted by molar-refractivity contribution is -0.132. The van der Waals surface area contributed by atoms with Crippen molar-refractivity contribution >= 4 is 17.4 Å². The largest absolute Gasteiger partial charge is 0.368 e. The van der Waals surface area contributed by atoms with E-state index in [2.05, 4.69) is 18.7 Å². The summed E-state index contributed by atoms with van der Waals surface area (Å²) in [6.07, 6.45) is 1.15. The van der Waals surface area contributed by atoms with Gasteiger partial charge < -0.3 is 9.80 Å². The molecule has 0 radical (unpaired) electrons. The second kappa shape index (κ2) is 7.43. The molecule has 0 spiro atoms. The topological polar surface area (TPSA) is 40.6 Å². The van der Waals surface area contributed by atoms with E-state index in [0.717, 1.165) is 37.4 Å². The van der Waals surface area contributed by atoms with E-state index in [1.807, 2.05) is 36.1 Å². The standard InChI is InChI=1S/C18H26N2O2/c1-4-17(21)15-6-5-7-16(13-15)19-8-10-20(11-9-19)18(22)12-14(2)3/h5-7,13-14H,4,8-12H2,1-3H3. The van der Waals surface area contributed by atoms with Gasteiger partial charge in [0.25, 0.3) is 0 Å². The number of rotatable bonds is 5. The number of anilines is 1. The number of carbonyl (C=O) groups is 2. The van der Waals surface area contributed by atoms with Gasteiger partial charge in [0.05, 0.1) is 0 Å². The Labute approximate surface area is 133 Å². The maximum atomic E-state index is 12.1. The van der Waals surface area contributed by atoms with Gasteiger partial charge in [-0.3, -0.25) is 9.59 Å². The minimum Gasteiger partial charge on any atom is -0.368 e. The Kier molecular flexibility index (Phi) is 5.58. The summed E-state index contributed by atoms with van der Waals surface area (Å²) in [5.41, 5.74) is 1.86. The van der Waals surface area contributed by atoms with Gasteiger partial charge in [-0.1, -0.05) is 32.9 Å². The number of hydrogen-bond acceptors (Lipinski definition) is 3. The van der Waals surface area contributed by atoms with Gasteiger partial charge in [-0.2, -0.15) is 0 Å². The number of hydrogen-bond donors (Lipinski definition) is 0. The number of nitrogens with zero attached hydrogens (tertiary/aromatic N) is 2. The third kappa shape index (κ3) is 4.09. The molecule has 1 aromatic rings. The monoisotopic (exact) mass is 302 g/mol. The molecule has 0 unspecified atom stereocenters. The van der Waals surface area contributed by atoms with Crippen molar-refractivity contribution in [3.8, 4) is 0 Å². The third-order valence-electron chi connectivity index (χ3n) is 4.07. The van der Waals surface area contributed by atoms with Gasteiger partial charge in [0.2, 0.25) is 5.91 Å². The van der Waals surface area contributed by atoms with Crippen molar-refractivity contribution in [2.75, 3.05) is 31.1 Å². The summed E-state index contributed by atoms with van der Waals surface area (Å²) in [7, 11) is 0. The zero-order valence-electron chi connectivity index (χ0n) is 13.8. The first kappa shape index (κ1) is 16.5. The predicted molar refractivity (Wildman–Crippen MR) is 89.3 cm³/mol. The second-order valence-corrected chi connectivity index (χ2v) is 6.29. The fourth-order valence-corrected chi connectivity index (χ4v) is 2.77. The molecule has 1 aliphatic rings. The van der Waals surface area contributed by atoms with Crippen molar-refractivity contribution in [3.05, 3.63) is 29.8 Å². The Balaban J connectivity index is 1.97. The zero-order valence-corrected chi connectivity index (χ0v) is 13.8. The number of piperazine rings is 1. The fraction of sp³-hybridized carbons (Fsp3) is 0.556. The Morgan fingerprint density at radius 2 is 1.82 bits per heavy atom. The highest BCUT2D eigenvalue weighted by Gasteiger charge is 2.22. The summed E-state index contributed by atoms with van der Waals surface area (Å²) >= 11 is 0. The Morgan fingerprint density at radius 3 is 2.41 bits per heavy atom. The van der Waals surface area contributed by atoms with Crippen molar-refractivity contribution in [1.29, 1.82) is 0 Å². The van der Waals surface area contributed by atoms with Crippen LogP contribution in [0.3, 0.4) is 0 Å². The van der Waals surface area contributed by atoms with Crippen LogP contribution >= 0.6 is 0 Å². The first-order valence-electron chi connectivity index (χ1n) is 8.17. The zero-order chi connectivity index (χ0) is 16.1. The van der Waals surface area contributed by atoms with Crippen LogP contribution < -0.4 is 4.90 Å². The van der Waals surface area contributed by atoms with Gasteiger partial charge in [-0.05, 0) is 18.1 Å². The second-order valence-electron chi connectivity index (χ2n) is 6.29. The molecule has 0 saturated carbocycles. The number of benzene rings is 1. The molecule has 1 amide bonds. The molecule has 22 heavy (non-hydrogen) atoms. The molecule has 0 atom stereocenters. The first-order valence-corrected chi connectivity index (χ1v) is 8.17. The van der Waals surface area contributed by atoms with Crippen LogP contribution in [0.2, 0.25) is 0 Å². The van der Waals surface area contributed by atoms with Gasteiger partial charge in [0.1, 0.15) is 0 Å². The lowest BCUT2D eigenvalue weighted by Crippen LogP contribution is -2.49. The molecule has 1 aromatic carbocycles. The van der Waals surface area contributed by atoms with Crippen LogP contribution in [-0.4, -0.2) is 42.8 Å². The summed E-state index contributed by atoms with van der Waals surface area (Å²) in [6.45, 7) is 9.21. The fourth-order valence-electron chi connectivity index (χ4n) is 2.77. The minimum atomic E-state index is 0.174. The van der Waals surface area contributed by atoms with Crippen LogP contribution in [-0.2, 0) is 4.79 Å². The first-order chi connectivity index (χ1) is 10.5. The number of carbonyl (C=O) groups excluding carboxylic acids is 2. The third-order valence-corrected chi connectivity index (χ3v) is 4.07. The van der Waals surface area contributed by atoms with E-state index < -0.39 is 0 Å². The van der Waals surface area contributed by atoms with E-state index in [0.29, 0.717) is 18.8 Å². The highest BCUT2D eigenvalue weighted by atomic mass is 16.2. The highest BCUT2D eigenvalue weighted by Crippen LogP contribution is 2.19. The van der Waals surface area contributed by atoms with Crippen LogP contribution in [0, 0.1) is 5.92 Å². The Hall–Kier alpha value is -1.84. The summed E-state index contributed by atoms with van der Waals surface area (Å²) in [5, 5.41) is 0. The molecule has 1 aliphatic heterocycles. The molecule has 1 heterocycles. The van der Waals surface area contributed by atoms with E-state index in [-0.39, 0.29) is 11.7 Å². The molecule has 0 N–H and O–H groups in total. The number of Topliss-reactive ketones (excluding diaryl/α,β-unsaturated/α-hetero) is 1.